The predicted molar refractivity (Wildman–Crippen MR) is 87.0 cm³/mol. The molecule has 0 fully saturated rings. The SMILES string of the molecule is Cc1cc(C)c(N=Nc2c(C(=O)O)nc3ccccn23)c(C)c1. The minimum Gasteiger partial charge on any atom is -0.476 e. The Bertz CT molecular complexity index is 918. The maximum absolute atomic E-state index is 11.4. The lowest BCUT2D eigenvalue weighted by molar-refractivity contribution is 0.0692. The molecule has 23 heavy (non-hydrogen) atoms. The van der Waals surface area contributed by atoms with E-state index < -0.39 is 5.97 Å². The van der Waals surface area contributed by atoms with Crippen LogP contribution in [0.25, 0.3) is 5.65 Å². The lowest BCUT2D eigenvalue weighted by Crippen LogP contribution is -1.96. The van der Waals surface area contributed by atoms with E-state index in [4.69, 9.17) is 0 Å². The Morgan fingerprint density at radius 3 is 2.48 bits per heavy atom. The van der Waals surface area contributed by atoms with Gasteiger partial charge in [0.2, 0.25) is 0 Å². The van der Waals surface area contributed by atoms with E-state index in [2.05, 4.69) is 15.2 Å². The Hall–Kier alpha value is -3.02. The molecule has 6 nitrogen and oxygen atoms in total. The van der Waals surface area contributed by atoms with E-state index in [1.807, 2.05) is 32.9 Å². The van der Waals surface area contributed by atoms with Crippen molar-refractivity contribution in [1.82, 2.24) is 9.38 Å². The van der Waals surface area contributed by atoms with Crippen LogP contribution in [0, 0.1) is 20.8 Å². The fourth-order valence-corrected chi connectivity index (χ4v) is 2.65. The number of aromatic carboxylic acids is 1. The van der Waals surface area contributed by atoms with Gasteiger partial charge in [-0.3, -0.25) is 4.40 Å². The van der Waals surface area contributed by atoms with Crippen molar-refractivity contribution in [2.24, 2.45) is 10.2 Å². The van der Waals surface area contributed by atoms with Gasteiger partial charge in [0.15, 0.2) is 11.5 Å². The highest BCUT2D eigenvalue weighted by Crippen LogP contribution is 2.29. The van der Waals surface area contributed by atoms with Gasteiger partial charge in [0.05, 0.1) is 5.69 Å². The molecule has 0 bridgehead atoms. The standard InChI is InChI=1S/C17H16N4O2/c1-10-8-11(2)14(12(3)9-10)19-20-16-15(17(22)23)18-13-6-4-5-7-21(13)16/h4-9H,1-3H3,(H,22,23). The summed E-state index contributed by atoms with van der Waals surface area (Å²) in [6.45, 7) is 5.94. The number of carbonyl (C=O) groups is 1. The van der Waals surface area contributed by atoms with E-state index in [9.17, 15) is 9.90 Å². The van der Waals surface area contributed by atoms with Crippen LogP contribution in [-0.4, -0.2) is 20.5 Å². The first kappa shape index (κ1) is 14.9. The number of hydrogen-bond donors (Lipinski definition) is 1. The Kier molecular flexibility index (Phi) is 3.65. The van der Waals surface area contributed by atoms with Gasteiger partial charge in [0, 0.05) is 6.20 Å². The Morgan fingerprint density at radius 1 is 1.13 bits per heavy atom. The zero-order valence-corrected chi connectivity index (χ0v) is 13.1. The first-order chi connectivity index (χ1) is 11.0. The lowest BCUT2D eigenvalue weighted by Gasteiger charge is -2.05. The Labute approximate surface area is 133 Å². The molecule has 0 aliphatic rings. The number of hydrogen-bond acceptors (Lipinski definition) is 4. The molecule has 3 rings (SSSR count). The molecule has 1 aromatic carbocycles. The monoisotopic (exact) mass is 308 g/mol. The molecule has 0 aliphatic heterocycles. The molecular formula is C17H16N4O2. The lowest BCUT2D eigenvalue weighted by atomic mass is 10.1. The molecule has 0 spiro atoms. The van der Waals surface area contributed by atoms with E-state index in [0.717, 1.165) is 22.4 Å². The molecule has 0 atom stereocenters. The van der Waals surface area contributed by atoms with Crippen LogP contribution < -0.4 is 0 Å². The molecule has 0 radical (unpaired) electrons. The molecular weight excluding hydrogens is 292 g/mol. The first-order valence-electron chi connectivity index (χ1n) is 7.17. The van der Waals surface area contributed by atoms with Gasteiger partial charge in [0.25, 0.3) is 0 Å². The third-order valence-electron chi connectivity index (χ3n) is 3.59. The van der Waals surface area contributed by atoms with Crippen LogP contribution in [0.5, 0.6) is 0 Å². The van der Waals surface area contributed by atoms with Crippen molar-refractivity contribution >= 4 is 23.1 Å². The second-order valence-electron chi connectivity index (χ2n) is 5.47. The summed E-state index contributed by atoms with van der Waals surface area (Å²) in [4.78, 5) is 15.5. The number of aryl methyl sites for hydroxylation is 3. The summed E-state index contributed by atoms with van der Waals surface area (Å²) in [6, 6.07) is 9.36. The van der Waals surface area contributed by atoms with Crippen molar-refractivity contribution in [3.63, 3.8) is 0 Å². The molecule has 0 unspecified atom stereocenters. The molecule has 2 aromatic heterocycles. The number of carboxylic acids is 1. The predicted octanol–water partition coefficient (Wildman–Crippen LogP) is 4.37. The van der Waals surface area contributed by atoms with Crippen LogP contribution in [0.4, 0.5) is 11.5 Å². The summed E-state index contributed by atoms with van der Waals surface area (Å²) in [5.41, 5.74) is 4.31. The van der Waals surface area contributed by atoms with Crippen molar-refractivity contribution in [1.29, 1.82) is 0 Å². The van der Waals surface area contributed by atoms with Crippen molar-refractivity contribution in [2.45, 2.75) is 20.8 Å². The van der Waals surface area contributed by atoms with Crippen molar-refractivity contribution in [2.75, 3.05) is 0 Å². The number of imidazole rings is 1. The van der Waals surface area contributed by atoms with Gasteiger partial charge in [-0.05, 0) is 44.0 Å². The normalized spacial score (nSPS) is 11.4. The number of aromatic nitrogens is 2. The molecule has 3 aromatic rings. The number of azo groups is 1. The summed E-state index contributed by atoms with van der Waals surface area (Å²) in [5, 5.41) is 17.8. The Balaban J connectivity index is 2.15. The third kappa shape index (κ3) is 2.70. The number of nitrogens with zero attached hydrogens (tertiary/aromatic N) is 4. The number of carboxylic acid groups (broad SMARTS) is 1. The molecule has 0 aliphatic carbocycles. The highest BCUT2D eigenvalue weighted by atomic mass is 16.4. The maximum Gasteiger partial charge on any atom is 0.358 e. The number of pyridine rings is 1. The fourth-order valence-electron chi connectivity index (χ4n) is 2.65. The molecule has 1 N–H and O–H groups in total. The van der Waals surface area contributed by atoms with Crippen LogP contribution in [0.2, 0.25) is 0 Å². The molecule has 6 heteroatoms. The van der Waals surface area contributed by atoms with Crippen molar-refractivity contribution < 1.29 is 9.90 Å². The van der Waals surface area contributed by atoms with Crippen molar-refractivity contribution in [3.05, 3.63) is 58.9 Å². The topological polar surface area (TPSA) is 79.3 Å². The summed E-state index contributed by atoms with van der Waals surface area (Å²) in [6.07, 6.45) is 1.72. The van der Waals surface area contributed by atoms with Gasteiger partial charge >= 0.3 is 5.97 Å². The van der Waals surface area contributed by atoms with Gasteiger partial charge < -0.3 is 5.11 Å². The van der Waals surface area contributed by atoms with Crippen LogP contribution in [-0.2, 0) is 0 Å². The van der Waals surface area contributed by atoms with Crippen molar-refractivity contribution in [3.8, 4) is 0 Å². The summed E-state index contributed by atoms with van der Waals surface area (Å²) >= 11 is 0. The van der Waals surface area contributed by atoms with E-state index >= 15 is 0 Å². The maximum atomic E-state index is 11.4. The first-order valence-corrected chi connectivity index (χ1v) is 7.17. The zero-order chi connectivity index (χ0) is 16.6. The third-order valence-corrected chi connectivity index (χ3v) is 3.59. The minimum atomic E-state index is -1.12. The quantitative estimate of drug-likeness (QED) is 0.729. The van der Waals surface area contributed by atoms with Crippen LogP contribution >= 0.6 is 0 Å². The highest BCUT2D eigenvalue weighted by molar-refractivity contribution is 5.91. The average Bonchev–Trinajstić information content (AvgIpc) is 2.85. The van der Waals surface area contributed by atoms with Gasteiger partial charge in [-0.25, -0.2) is 9.78 Å². The van der Waals surface area contributed by atoms with Gasteiger partial charge in [-0.2, -0.15) is 0 Å². The second-order valence-corrected chi connectivity index (χ2v) is 5.47. The van der Waals surface area contributed by atoms with Crippen LogP contribution in [0.15, 0.2) is 46.8 Å². The van der Waals surface area contributed by atoms with E-state index in [1.54, 1.807) is 28.8 Å². The average molecular weight is 308 g/mol. The molecule has 0 saturated carbocycles. The van der Waals surface area contributed by atoms with Crippen LogP contribution in [0.1, 0.15) is 27.2 Å². The smallest absolute Gasteiger partial charge is 0.358 e. The molecule has 116 valence electrons. The highest BCUT2D eigenvalue weighted by Gasteiger charge is 2.18. The van der Waals surface area contributed by atoms with Gasteiger partial charge in [0.1, 0.15) is 5.65 Å². The molecule has 0 saturated heterocycles. The largest absolute Gasteiger partial charge is 0.476 e. The molecule has 0 amide bonds. The van der Waals surface area contributed by atoms with E-state index in [1.165, 1.54) is 0 Å². The number of benzene rings is 1. The number of fused-ring (bicyclic) bond motifs is 1. The summed E-state index contributed by atoms with van der Waals surface area (Å²) < 4.78 is 1.62. The minimum absolute atomic E-state index is 0.109. The summed E-state index contributed by atoms with van der Waals surface area (Å²) in [7, 11) is 0. The van der Waals surface area contributed by atoms with Crippen LogP contribution in [0.3, 0.4) is 0 Å². The van der Waals surface area contributed by atoms with E-state index in [-0.39, 0.29) is 11.5 Å². The zero-order valence-electron chi connectivity index (χ0n) is 13.1. The van der Waals surface area contributed by atoms with E-state index in [0.29, 0.717) is 5.65 Å². The van der Waals surface area contributed by atoms with Gasteiger partial charge in [-0.1, -0.05) is 23.8 Å². The number of rotatable bonds is 3. The Morgan fingerprint density at radius 2 is 1.83 bits per heavy atom. The fraction of sp³-hybridized carbons (Fsp3) is 0.176. The second kappa shape index (κ2) is 5.64. The molecule has 2 heterocycles. The summed E-state index contributed by atoms with van der Waals surface area (Å²) in [5.74, 6) is -0.910. The van der Waals surface area contributed by atoms with Gasteiger partial charge in [-0.15, -0.1) is 10.2 Å².